The van der Waals surface area contributed by atoms with Crippen LogP contribution in [0.4, 0.5) is 5.13 Å². The molecule has 0 bridgehead atoms. The van der Waals surface area contributed by atoms with Gasteiger partial charge in [0, 0.05) is 26.0 Å². The number of carbonyl (C=O) groups is 1. The van der Waals surface area contributed by atoms with Crippen LogP contribution in [-0.2, 0) is 4.79 Å². The third-order valence-corrected chi connectivity index (χ3v) is 6.07. The van der Waals surface area contributed by atoms with Gasteiger partial charge in [0.2, 0.25) is 11.8 Å². The monoisotopic (exact) mass is 506 g/mol. The fourth-order valence-electron chi connectivity index (χ4n) is 2.34. The van der Waals surface area contributed by atoms with Gasteiger partial charge in [-0.2, -0.15) is 0 Å². The number of hydrogen-bond donors (Lipinski definition) is 1. The highest BCUT2D eigenvalue weighted by atomic mass is 79.9. The number of aromatic nitrogens is 3. The maximum absolute atomic E-state index is 12.2. The SMILES string of the molecule is O=C(CSc1nnc(-c2ccc(Cl)cc2)o1)Nc1nc(-c2ccc(Br)cc2)cs1. The molecule has 0 radical (unpaired) electrons. The largest absolute Gasteiger partial charge is 0.411 e. The molecule has 0 aliphatic heterocycles. The smallest absolute Gasteiger partial charge is 0.277 e. The summed E-state index contributed by atoms with van der Waals surface area (Å²) in [5.41, 5.74) is 2.57. The van der Waals surface area contributed by atoms with Crippen LogP contribution in [-0.4, -0.2) is 26.8 Å². The van der Waals surface area contributed by atoms with E-state index >= 15 is 0 Å². The Labute approximate surface area is 187 Å². The normalized spacial score (nSPS) is 10.8. The Morgan fingerprint density at radius 1 is 1.10 bits per heavy atom. The quantitative estimate of drug-likeness (QED) is 0.322. The van der Waals surface area contributed by atoms with Crippen molar-refractivity contribution >= 4 is 61.7 Å². The van der Waals surface area contributed by atoms with Gasteiger partial charge in [-0.25, -0.2) is 4.98 Å². The minimum absolute atomic E-state index is 0.134. The molecule has 146 valence electrons. The third-order valence-electron chi connectivity index (χ3n) is 3.71. The summed E-state index contributed by atoms with van der Waals surface area (Å²) in [6.07, 6.45) is 0. The maximum atomic E-state index is 12.2. The highest BCUT2D eigenvalue weighted by Gasteiger charge is 2.13. The topological polar surface area (TPSA) is 80.9 Å². The molecule has 0 saturated carbocycles. The number of nitrogens with one attached hydrogen (secondary N) is 1. The number of nitrogens with zero attached hydrogens (tertiary/aromatic N) is 3. The van der Waals surface area contributed by atoms with Crippen LogP contribution in [0.3, 0.4) is 0 Å². The molecule has 0 atom stereocenters. The fraction of sp³-hybridized carbons (Fsp3) is 0.0526. The van der Waals surface area contributed by atoms with E-state index in [9.17, 15) is 4.79 Å². The number of hydrogen-bond acceptors (Lipinski definition) is 7. The highest BCUT2D eigenvalue weighted by Crippen LogP contribution is 2.27. The molecule has 1 amide bonds. The van der Waals surface area contributed by atoms with Gasteiger partial charge in [-0.3, -0.25) is 4.79 Å². The first kappa shape index (κ1) is 20.1. The Morgan fingerprint density at radius 3 is 2.59 bits per heavy atom. The molecule has 0 saturated heterocycles. The van der Waals surface area contributed by atoms with Crippen molar-refractivity contribution in [3.63, 3.8) is 0 Å². The highest BCUT2D eigenvalue weighted by molar-refractivity contribution is 9.10. The Balaban J connectivity index is 1.33. The van der Waals surface area contributed by atoms with Crippen LogP contribution < -0.4 is 5.32 Å². The molecule has 0 aliphatic carbocycles. The number of thiazole rings is 1. The Kier molecular flexibility index (Phi) is 6.29. The second kappa shape index (κ2) is 9.08. The van der Waals surface area contributed by atoms with Crippen molar-refractivity contribution in [3.8, 4) is 22.7 Å². The number of amides is 1. The maximum Gasteiger partial charge on any atom is 0.277 e. The molecule has 10 heteroatoms. The van der Waals surface area contributed by atoms with Gasteiger partial charge in [0.15, 0.2) is 5.13 Å². The average Bonchev–Trinajstić information content (AvgIpc) is 3.37. The standard InChI is InChI=1S/C19H12BrClN4O2S2/c20-13-5-1-11(2-6-13)15-9-28-18(22-15)23-16(26)10-29-19-25-24-17(27-19)12-3-7-14(21)8-4-12/h1-9H,10H2,(H,22,23,26). The number of anilines is 1. The molecule has 2 aromatic heterocycles. The molecule has 4 aromatic rings. The van der Waals surface area contributed by atoms with Crippen molar-refractivity contribution in [2.24, 2.45) is 0 Å². The van der Waals surface area contributed by atoms with Crippen molar-refractivity contribution in [1.29, 1.82) is 0 Å². The van der Waals surface area contributed by atoms with E-state index in [1.165, 1.54) is 11.3 Å². The Morgan fingerprint density at radius 2 is 1.83 bits per heavy atom. The first-order valence-electron chi connectivity index (χ1n) is 8.30. The van der Waals surface area contributed by atoms with Gasteiger partial charge in [-0.1, -0.05) is 51.4 Å². The average molecular weight is 508 g/mol. The molecule has 4 rings (SSSR count). The number of halogens is 2. The molecule has 2 heterocycles. The van der Waals surface area contributed by atoms with Crippen LogP contribution in [0.1, 0.15) is 0 Å². The van der Waals surface area contributed by atoms with E-state index in [0.717, 1.165) is 33.1 Å². The zero-order valence-electron chi connectivity index (χ0n) is 14.6. The minimum Gasteiger partial charge on any atom is -0.411 e. The van der Waals surface area contributed by atoms with Gasteiger partial charge < -0.3 is 9.73 Å². The summed E-state index contributed by atoms with van der Waals surface area (Å²) in [5.74, 6) is 0.316. The minimum atomic E-state index is -0.196. The van der Waals surface area contributed by atoms with E-state index in [2.05, 4.69) is 36.4 Å². The predicted octanol–water partition coefficient (Wildman–Crippen LogP) is 6.01. The van der Waals surface area contributed by atoms with Gasteiger partial charge in [-0.15, -0.1) is 21.5 Å². The van der Waals surface area contributed by atoms with Gasteiger partial charge >= 0.3 is 0 Å². The fourth-order valence-corrected chi connectivity index (χ4v) is 4.03. The molecular weight excluding hydrogens is 496 g/mol. The second-order valence-corrected chi connectivity index (χ2v) is 8.90. The number of thioether (sulfide) groups is 1. The van der Waals surface area contributed by atoms with Gasteiger partial charge in [0.25, 0.3) is 5.22 Å². The Hall–Kier alpha value is -2.20. The summed E-state index contributed by atoms with van der Waals surface area (Å²) in [7, 11) is 0. The number of benzene rings is 2. The summed E-state index contributed by atoms with van der Waals surface area (Å²) < 4.78 is 6.58. The molecule has 2 aromatic carbocycles. The van der Waals surface area contributed by atoms with Crippen LogP contribution in [0.25, 0.3) is 22.7 Å². The van der Waals surface area contributed by atoms with Gasteiger partial charge in [0.05, 0.1) is 11.4 Å². The second-order valence-electron chi connectivity index (χ2n) is 5.76. The number of carbonyl (C=O) groups excluding carboxylic acids is 1. The first-order chi connectivity index (χ1) is 14.1. The van der Waals surface area contributed by atoms with Crippen molar-refractivity contribution in [1.82, 2.24) is 15.2 Å². The van der Waals surface area contributed by atoms with Crippen LogP contribution in [0.2, 0.25) is 5.02 Å². The molecule has 0 spiro atoms. The lowest BCUT2D eigenvalue weighted by Gasteiger charge is -2.00. The third kappa shape index (κ3) is 5.24. The van der Waals surface area contributed by atoms with Crippen molar-refractivity contribution in [2.75, 3.05) is 11.1 Å². The summed E-state index contributed by atoms with van der Waals surface area (Å²) in [5, 5.41) is 14.1. The summed E-state index contributed by atoms with van der Waals surface area (Å²) >= 11 is 11.8. The molecular formula is C19H12BrClN4O2S2. The Bertz CT molecular complexity index is 1130. The molecule has 6 nitrogen and oxygen atoms in total. The van der Waals surface area contributed by atoms with Crippen molar-refractivity contribution in [2.45, 2.75) is 5.22 Å². The van der Waals surface area contributed by atoms with Crippen LogP contribution >= 0.6 is 50.6 Å². The molecule has 0 unspecified atom stereocenters. The summed E-state index contributed by atoms with van der Waals surface area (Å²) in [6, 6.07) is 14.9. The van der Waals surface area contributed by atoms with E-state index in [1.807, 2.05) is 29.6 Å². The summed E-state index contributed by atoms with van der Waals surface area (Å²) in [6.45, 7) is 0. The van der Waals surface area contributed by atoms with Crippen LogP contribution in [0.5, 0.6) is 0 Å². The lowest BCUT2D eigenvalue weighted by Crippen LogP contribution is -2.13. The molecule has 0 fully saturated rings. The predicted molar refractivity (Wildman–Crippen MR) is 119 cm³/mol. The van der Waals surface area contributed by atoms with Gasteiger partial charge in [0.1, 0.15) is 0 Å². The van der Waals surface area contributed by atoms with E-state index in [4.69, 9.17) is 16.0 Å². The lowest BCUT2D eigenvalue weighted by atomic mass is 10.2. The molecule has 1 N–H and O–H groups in total. The van der Waals surface area contributed by atoms with E-state index in [-0.39, 0.29) is 11.7 Å². The van der Waals surface area contributed by atoms with E-state index in [0.29, 0.717) is 21.3 Å². The first-order valence-corrected chi connectivity index (χ1v) is 11.3. The van der Waals surface area contributed by atoms with Crippen LogP contribution in [0.15, 0.2) is 68.0 Å². The van der Waals surface area contributed by atoms with Crippen molar-refractivity contribution in [3.05, 3.63) is 63.4 Å². The molecule has 0 aliphatic rings. The zero-order valence-corrected chi connectivity index (χ0v) is 18.6. The van der Waals surface area contributed by atoms with Gasteiger partial charge in [-0.05, 0) is 36.4 Å². The zero-order chi connectivity index (χ0) is 20.2. The lowest BCUT2D eigenvalue weighted by molar-refractivity contribution is -0.113. The van der Waals surface area contributed by atoms with Crippen molar-refractivity contribution < 1.29 is 9.21 Å². The van der Waals surface area contributed by atoms with E-state index < -0.39 is 0 Å². The summed E-state index contributed by atoms with van der Waals surface area (Å²) in [4.78, 5) is 16.7. The van der Waals surface area contributed by atoms with Crippen LogP contribution in [0, 0.1) is 0 Å². The van der Waals surface area contributed by atoms with E-state index in [1.54, 1.807) is 24.3 Å². The number of rotatable bonds is 6. The molecule has 29 heavy (non-hydrogen) atoms.